The molecule has 1 aromatic heterocycles. The summed E-state index contributed by atoms with van der Waals surface area (Å²) in [7, 11) is 0. The first-order valence-electron chi connectivity index (χ1n) is 8.01. The van der Waals surface area contributed by atoms with Crippen molar-refractivity contribution in [3.63, 3.8) is 0 Å². The molecule has 1 N–H and O–H groups in total. The number of rotatable bonds is 11. The molecule has 0 saturated heterocycles. The van der Waals surface area contributed by atoms with E-state index in [9.17, 15) is 0 Å². The normalized spacial score (nSPS) is 12.2. The van der Waals surface area contributed by atoms with Crippen LogP contribution in [0.3, 0.4) is 0 Å². The predicted molar refractivity (Wildman–Crippen MR) is 85.7 cm³/mol. The highest BCUT2D eigenvalue weighted by Gasteiger charge is 2.08. The third kappa shape index (κ3) is 7.27. The molecule has 21 heavy (non-hydrogen) atoms. The molecular weight excluding hydrogens is 266 g/mol. The fourth-order valence-electron chi connectivity index (χ4n) is 1.95. The lowest BCUT2D eigenvalue weighted by atomic mass is 10.1. The van der Waals surface area contributed by atoms with Crippen molar-refractivity contribution in [2.45, 2.75) is 53.6 Å². The van der Waals surface area contributed by atoms with Gasteiger partial charge in [-0.1, -0.05) is 27.2 Å². The van der Waals surface area contributed by atoms with Gasteiger partial charge < -0.3 is 14.8 Å². The molecule has 1 unspecified atom stereocenters. The van der Waals surface area contributed by atoms with E-state index in [-0.39, 0.29) is 0 Å². The molecule has 0 saturated carbocycles. The van der Waals surface area contributed by atoms with Gasteiger partial charge in [0.05, 0.1) is 6.61 Å². The number of anilines is 1. The first-order chi connectivity index (χ1) is 10.2. The Morgan fingerprint density at radius 1 is 1.19 bits per heavy atom. The van der Waals surface area contributed by atoms with Crippen molar-refractivity contribution in [2.75, 3.05) is 25.1 Å². The van der Waals surface area contributed by atoms with Gasteiger partial charge in [0.15, 0.2) is 5.82 Å². The molecule has 1 aromatic rings. The molecule has 0 amide bonds. The van der Waals surface area contributed by atoms with Crippen LogP contribution >= 0.6 is 0 Å². The van der Waals surface area contributed by atoms with Gasteiger partial charge in [0.1, 0.15) is 12.4 Å². The van der Waals surface area contributed by atoms with Gasteiger partial charge in [-0.25, -0.2) is 4.98 Å². The quantitative estimate of drug-likeness (QED) is 0.675. The molecule has 0 fully saturated rings. The maximum Gasteiger partial charge on any atom is 0.218 e. The summed E-state index contributed by atoms with van der Waals surface area (Å²) in [5, 5.41) is 3.28. The van der Waals surface area contributed by atoms with E-state index in [0.717, 1.165) is 25.2 Å². The van der Waals surface area contributed by atoms with Crippen LogP contribution < -0.4 is 10.1 Å². The maximum absolute atomic E-state index is 5.81. The van der Waals surface area contributed by atoms with Gasteiger partial charge in [-0.05, 0) is 25.7 Å². The molecular formula is C16H29N3O2. The van der Waals surface area contributed by atoms with E-state index in [1.54, 1.807) is 0 Å². The average Bonchev–Trinajstić information content (AvgIpc) is 2.49. The van der Waals surface area contributed by atoms with Crippen molar-refractivity contribution >= 4 is 5.82 Å². The SMILES string of the molecule is CCCNc1cc(OCC(C)CCC)nc(COCC)n1. The number of aromatic nitrogens is 2. The van der Waals surface area contributed by atoms with E-state index < -0.39 is 0 Å². The van der Waals surface area contributed by atoms with E-state index in [1.165, 1.54) is 6.42 Å². The molecule has 1 rings (SSSR count). The lowest BCUT2D eigenvalue weighted by Crippen LogP contribution is -2.12. The summed E-state index contributed by atoms with van der Waals surface area (Å²) in [5.74, 6) is 2.63. The van der Waals surface area contributed by atoms with Crippen LogP contribution in [0.25, 0.3) is 0 Å². The molecule has 0 bridgehead atoms. The summed E-state index contributed by atoms with van der Waals surface area (Å²) in [6.07, 6.45) is 3.39. The topological polar surface area (TPSA) is 56.3 Å². The van der Waals surface area contributed by atoms with Gasteiger partial charge >= 0.3 is 0 Å². The molecule has 0 spiro atoms. The highest BCUT2D eigenvalue weighted by atomic mass is 16.5. The van der Waals surface area contributed by atoms with Crippen molar-refractivity contribution in [1.29, 1.82) is 0 Å². The van der Waals surface area contributed by atoms with E-state index >= 15 is 0 Å². The number of nitrogens with one attached hydrogen (secondary N) is 1. The number of hydrogen-bond donors (Lipinski definition) is 1. The monoisotopic (exact) mass is 295 g/mol. The van der Waals surface area contributed by atoms with Crippen LogP contribution in [0.15, 0.2) is 6.07 Å². The lowest BCUT2D eigenvalue weighted by Gasteiger charge is -2.13. The van der Waals surface area contributed by atoms with Gasteiger partial charge in [0.2, 0.25) is 5.88 Å². The first-order valence-corrected chi connectivity index (χ1v) is 8.01. The van der Waals surface area contributed by atoms with Crippen molar-refractivity contribution in [3.05, 3.63) is 11.9 Å². The van der Waals surface area contributed by atoms with Crippen LogP contribution in [0, 0.1) is 5.92 Å². The molecule has 0 aliphatic rings. The highest BCUT2D eigenvalue weighted by Crippen LogP contribution is 2.16. The summed E-state index contributed by atoms with van der Waals surface area (Å²) < 4.78 is 11.2. The van der Waals surface area contributed by atoms with Crippen LogP contribution in [-0.2, 0) is 11.3 Å². The molecule has 120 valence electrons. The second kappa shape index (κ2) is 10.4. The van der Waals surface area contributed by atoms with Crippen molar-refractivity contribution < 1.29 is 9.47 Å². The molecule has 1 heterocycles. The Kier molecular flexibility index (Phi) is 8.74. The van der Waals surface area contributed by atoms with Crippen molar-refractivity contribution in [2.24, 2.45) is 5.92 Å². The van der Waals surface area contributed by atoms with Crippen molar-refractivity contribution in [1.82, 2.24) is 9.97 Å². The summed E-state index contributed by atoms with van der Waals surface area (Å²) in [5.41, 5.74) is 0. The zero-order valence-corrected chi connectivity index (χ0v) is 13.8. The van der Waals surface area contributed by atoms with E-state index in [2.05, 4.69) is 36.1 Å². The minimum Gasteiger partial charge on any atom is -0.477 e. The lowest BCUT2D eigenvalue weighted by molar-refractivity contribution is 0.127. The Balaban J connectivity index is 2.70. The van der Waals surface area contributed by atoms with Crippen LogP contribution in [-0.4, -0.2) is 29.7 Å². The van der Waals surface area contributed by atoms with E-state index in [1.807, 2.05) is 13.0 Å². The molecule has 5 heteroatoms. The van der Waals surface area contributed by atoms with Gasteiger partial charge in [0.25, 0.3) is 0 Å². The van der Waals surface area contributed by atoms with Crippen molar-refractivity contribution in [3.8, 4) is 5.88 Å². The van der Waals surface area contributed by atoms with Gasteiger partial charge in [-0.15, -0.1) is 0 Å². The third-order valence-electron chi connectivity index (χ3n) is 3.04. The number of nitrogens with zero attached hydrogens (tertiary/aromatic N) is 2. The summed E-state index contributed by atoms with van der Waals surface area (Å²) in [4.78, 5) is 8.86. The Hall–Kier alpha value is -1.36. The molecule has 5 nitrogen and oxygen atoms in total. The fraction of sp³-hybridized carbons (Fsp3) is 0.750. The van der Waals surface area contributed by atoms with E-state index in [4.69, 9.17) is 9.47 Å². The third-order valence-corrected chi connectivity index (χ3v) is 3.04. The van der Waals surface area contributed by atoms with Gasteiger partial charge in [-0.3, -0.25) is 0 Å². The summed E-state index contributed by atoms with van der Waals surface area (Å²) >= 11 is 0. The molecule has 0 aliphatic carbocycles. The highest BCUT2D eigenvalue weighted by molar-refractivity contribution is 5.38. The van der Waals surface area contributed by atoms with Crippen LogP contribution in [0.2, 0.25) is 0 Å². The Bertz CT molecular complexity index is 373. The predicted octanol–water partition coefficient (Wildman–Crippen LogP) is 3.65. The van der Waals surface area contributed by atoms with Gasteiger partial charge in [-0.2, -0.15) is 4.98 Å². The van der Waals surface area contributed by atoms with Crippen LogP contribution in [0.1, 0.15) is 52.8 Å². The molecule has 0 aliphatic heterocycles. The van der Waals surface area contributed by atoms with Crippen LogP contribution in [0.4, 0.5) is 5.82 Å². The van der Waals surface area contributed by atoms with E-state index in [0.29, 0.717) is 37.4 Å². The second-order valence-corrected chi connectivity index (χ2v) is 5.28. The Labute approximate surface area is 128 Å². The van der Waals surface area contributed by atoms with Gasteiger partial charge in [0, 0.05) is 19.2 Å². The summed E-state index contributed by atoms with van der Waals surface area (Å²) in [6.45, 7) is 11.1. The standard InChI is InChI=1S/C16H29N3O2/c1-5-8-13(4)11-21-16-10-14(17-9-6-2)18-15(19-16)12-20-7-3/h10,13H,5-9,11-12H2,1-4H3,(H,17,18,19). The number of hydrogen-bond acceptors (Lipinski definition) is 5. The molecule has 1 atom stereocenters. The zero-order valence-electron chi connectivity index (χ0n) is 13.8. The smallest absolute Gasteiger partial charge is 0.218 e. The Morgan fingerprint density at radius 3 is 2.67 bits per heavy atom. The zero-order chi connectivity index (χ0) is 15.5. The minimum absolute atomic E-state index is 0.416. The largest absolute Gasteiger partial charge is 0.477 e. The first kappa shape index (κ1) is 17.7. The molecule has 0 radical (unpaired) electrons. The Morgan fingerprint density at radius 2 is 2.00 bits per heavy atom. The van der Waals surface area contributed by atoms with Crippen LogP contribution in [0.5, 0.6) is 5.88 Å². The summed E-state index contributed by atoms with van der Waals surface area (Å²) in [6, 6.07) is 1.86. The fourth-order valence-corrected chi connectivity index (χ4v) is 1.95. The average molecular weight is 295 g/mol. The second-order valence-electron chi connectivity index (χ2n) is 5.28. The molecule has 0 aromatic carbocycles. The minimum atomic E-state index is 0.416. The maximum atomic E-state index is 5.81. The number of ether oxygens (including phenoxy) is 2.